The van der Waals surface area contributed by atoms with Gasteiger partial charge in [-0.25, -0.2) is 4.98 Å². The summed E-state index contributed by atoms with van der Waals surface area (Å²) in [5, 5.41) is 8.84. The number of pyridine rings is 2. The van der Waals surface area contributed by atoms with E-state index in [1.54, 1.807) is 14.2 Å². The van der Waals surface area contributed by atoms with Crippen LogP contribution in [0.25, 0.3) is 32.4 Å². The summed E-state index contributed by atoms with van der Waals surface area (Å²) in [4.78, 5) is 11.5. The van der Waals surface area contributed by atoms with E-state index in [4.69, 9.17) is 14.5 Å². The Morgan fingerprint density at radius 1 is 0.897 bits per heavy atom. The van der Waals surface area contributed by atoms with E-state index in [0.29, 0.717) is 11.5 Å². The zero-order valence-corrected chi connectivity index (χ0v) is 17.3. The molecule has 0 bridgehead atoms. The molecule has 0 fully saturated rings. The van der Waals surface area contributed by atoms with Crippen molar-refractivity contribution in [2.75, 3.05) is 46.7 Å². The second-order valence-electron chi connectivity index (χ2n) is 7.35. The first-order chi connectivity index (χ1) is 14.1. The minimum absolute atomic E-state index is 0.704. The average Bonchev–Trinajstić information content (AvgIpc) is 2.74. The van der Waals surface area contributed by atoms with Crippen LogP contribution in [0, 0.1) is 0 Å². The monoisotopic (exact) mass is 390 g/mol. The van der Waals surface area contributed by atoms with Crippen molar-refractivity contribution in [1.82, 2.24) is 14.9 Å². The van der Waals surface area contributed by atoms with Crippen LogP contribution in [0.1, 0.15) is 6.42 Å². The van der Waals surface area contributed by atoms with Crippen molar-refractivity contribution in [2.24, 2.45) is 0 Å². The fraction of sp³-hybridized carbons (Fsp3) is 0.304. The third-order valence-corrected chi connectivity index (χ3v) is 5.17. The molecule has 0 amide bonds. The summed E-state index contributed by atoms with van der Waals surface area (Å²) in [7, 11) is 7.47. The number of anilines is 1. The minimum atomic E-state index is 0.704. The molecule has 0 aliphatic rings. The second kappa shape index (κ2) is 8.09. The summed E-state index contributed by atoms with van der Waals surface area (Å²) >= 11 is 0. The maximum atomic E-state index is 5.50. The molecular weight excluding hydrogens is 364 g/mol. The normalized spacial score (nSPS) is 11.5. The molecule has 0 spiro atoms. The minimum Gasteiger partial charge on any atom is -0.493 e. The molecule has 4 rings (SSSR count). The molecule has 0 saturated carbocycles. The fourth-order valence-electron chi connectivity index (χ4n) is 3.71. The molecule has 4 aromatic rings. The molecule has 150 valence electrons. The molecule has 0 aliphatic carbocycles. The topological polar surface area (TPSA) is 59.5 Å². The third-order valence-electron chi connectivity index (χ3n) is 5.17. The van der Waals surface area contributed by atoms with E-state index in [1.807, 2.05) is 30.6 Å². The molecular formula is C23H26N4O2. The van der Waals surface area contributed by atoms with Crippen molar-refractivity contribution in [3.8, 4) is 11.5 Å². The molecule has 1 N–H and O–H groups in total. The lowest BCUT2D eigenvalue weighted by Crippen LogP contribution is -2.16. The first-order valence-corrected chi connectivity index (χ1v) is 9.73. The van der Waals surface area contributed by atoms with Gasteiger partial charge in [0.1, 0.15) is 5.82 Å². The van der Waals surface area contributed by atoms with Gasteiger partial charge in [0.05, 0.1) is 19.7 Å². The van der Waals surface area contributed by atoms with Crippen LogP contribution in [0.2, 0.25) is 0 Å². The average molecular weight is 390 g/mol. The highest BCUT2D eigenvalue weighted by Crippen LogP contribution is 2.37. The molecule has 6 nitrogen and oxygen atoms in total. The number of ether oxygens (including phenoxy) is 2. The van der Waals surface area contributed by atoms with Gasteiger partial charge in [0, 0.05) is 40.5 Å². The molecule has 2 heterocycles. The molecule has 6 heteroatoms. The van der Waals surface area contributed by atoms with Crippen LogP contribution in [0.15, 0.2) is 42.7 Å². The fourth-order valence-corrected chi connectivity index (χ4v) is 3.71. The lowest BCUT2D eigenvalue weighted by molar-refractivity contribution is 0.356. The van der Waals surface area contributed by atoms with Crippen molar-refractivity contribution in [3.63, 3.8) is 0 Å². The number of hydrogen-bond donors (Lipinski definition) is 1. The first kappa shape index (κ1) is 19.2. The Labute approximate surface area is 170 Å². The Kier molecular flexibility index (Phi) is 5.36. The number of nitrogens with one attached hydrogen (secondary N) is 1. The quantitative estimate of drug-likeness (QED) is 0.375. The van der Waals surface area contributed by atoms with Crippen molar-refractivity contribution in [1.29, 1.82) is 0 Å². The highest BCUT2D eigenvalue weighted by atomic mass is 16.5. The van der Waals surface area contributed by atoms with Crippen LogP contribution in [0.5, 0.6) is 11.5 Å². The molecule has 2 aromatic carbocycles. The van der Waals surface area contributed by atoms with E-state index in [-0.39, 0.29) is 0 Å². The van der Waals surface area contributed by atoms with Crippen LogP contribution in [0.4, 0.5) is 5.82 Å². The van der Waals surface area contributed by atoms with Crippen LogP contribution in [0.3, 0.4) is 0 Å². The Hall–Kier alpha value is -3.12. The molecule has 0 saturated heterocycles. The third kappa shape index (κ3) is 3.63. The zero-order chi connectivity index (χ0) is 20.4. The van der Waals surface area contributed by atoms with Gasteiger partial charge in [0.15, 0.2) is 11.5 Å². The molecule has 0 aliphatic heterocycles. The summed E-state index contributed by atoms with van der Waals surface area (Å²) in [6.45, 7) is 1.92. The second-order valence-corrected chi connectivity index (χ2v) is 7.35. The number of benzene rings is 2. The predicted octanol–water partition coefficient (Wildman–Crippen LogP) is 4.32. The number of hydrogen-bond acceptors (Lipinski definition) is 6. The highest BCUT2D eigenvalue weighted by Gasteiger charge is 2.12. The molecule has 29 heavy (non-hydrogen) atoms. The van der Waals surface area contributed by atoms with Gasteiger partial charge in [-0.3, -0.25) is 4.98 Å². The van der Waals surface area contributed by atoms with E-state index in [9.17, 15) is 0 Å². The van der Waals surface area contributed by atoms with Gasteiger partial charge in [0.25, 0.3) is 0 Å². The summed E-state index contributed by atoms with van der Waals surface area (Å²) in [6, 6.07) is 10.3. The highest BCUT2D eigenvalue weighted by molar-refractivity contribution is 6.17. The van der Waals surface area contributed by atoms with E-state index in [1.165, 1.54) is 0 Å². The van der Waals surface area contributed by atoms with Crippen molar-refractivity contribution in [3.05, 3.63) is 42.7 Å². The predicted molar refractivity (Wildman–Crippen MR) is 119 cm³/mol. The Morgan fingerprint density at radius 2 is 1.62 bits per heavy atom. The number of nitrogens with zero attached hydrogens (tertiary/aromatic N) is 3. The van der Waals surface area contributed by atoms with E-state index in [0.717, 1.165) is 57.8 Å². The van der Waals surface area contributed by atoms with Crippen molar-refractivity contribution < 1.29 is 9.47 Å². The smallest absolute Gasteiger partial charge is 0.161 e. The van der Waals surface area contributed by atoms with Gasteiger partial charge >= 0.3 is 0 Å². The maximum Gasteiger partial charge on any atom is 0.161 e. The van der Waals surface area contributed by atoms with Crippen LogP contribution < -0.4 is 14.8 Å². The van der Waals surface area contributed by atoms with Crippen LogP contribution in [-0.2, 0) is 0 Å². The molecule has 0 atom stereocenters. The molecule has 0 unspecified atom stereocenters. The summed E-state index contributed by atoms with van der Waals surface area (Å²) in [5.41, 5.74) is 0.959. The van der Waals surface area contributed by atoms with Crippen molar-refractivity contribution in [2.45, 2.75) is 6.42 Å². The number of fused-ring (bicyclic) bond motifs is 5. The van der Waals surface area contributed by atoms with Crippen LogP contribution >= 0.6 is 0 Å². The summed E-state index contributed by atoms with van der Waals surface area (Å²) in [5.74, 6) is 2.32. The molecule has 2 aromatic heterocycles. The van der Waals surface area contributed by atoms with Gasteiger partial charge in [-0.2, -0.15) is 0 Å². The maximum absolute atomic E-state index is 5.50. The Balaban J connectivity index is 1.81. The van der Waals surface area contributed by atoms with E-state index >= 15 is 0 Å². The summed E-state index contributed by atoms with van der Waals surface area (Å²) in [6.07, 6.45) is 4.80. The van der Waals surface area contributed by atoms with Crippen molar-refractivity contribution >= 4 is 38.3 Å². The van der Waals surface area contributed by atoms with Gasteiger partial charge in [-0.15, -0.1) is 0 Å². The number of rotatable bonds is 7. The standard InChI is InChI=1S/C23H26N4O2/c1-27(2)11-5-9-24-23-18-7-6-16-19-13-21(29-4)20(28-3)12-15(19)14-26-22(16)17(18)8-10-25-23/h6-8,10,12-14H,5,9,11H2,1-4H3,(H,24,25). The largest absolute Gasteiger partial charge is 0.493 e. The Morgan fingerprint density at radius 3 is 2.38 bits per heavy atom. The summed E-state index contributed by atoms with van der Waals surface area (Å²) < 4.78 is 10.9. The van der Waals surface area contributed by atoms with E-state index < -0.39 is 0 Å². The zero-order valence-electron chi connectivity index (χ0n) is 17.3. The van der Waals surface area contributed by atoms with Gasteiger partial charge in [-0.05, 0) is 56.7 Å². The van der Waals surface area contributed by atoms with Gasteiger partial charge < -0.3 is 19.7 Å². The lowest BCUT2D eigenvalue weighted by Gasteiger charge is -2.14. The molecule has 0 radical (unpaired) electrons. The SMILES string of the molecule is COc1cc2cnc3c4ccnc(NCCCN(C)C)c4ccc3c2cc1OC. The van der Waals surface area contributed by atoms with Gasteiger partial charge in [-0.1, -0.05) is 6.07 Å². The van der Waals surface area contributed by atoms with Crippen LogP contribution in [-0.4, -0.2) is 56.3 Å². The number of aromatic nitrogens is 2. The lowest BCUT2D eigenvalue weighted by atomic mass is 10.0. The van der Waals surface area contributed by atoms with Gasteiger partial charge in [0.2, 0.25) is 0 Å². The number of methoxy groups -OCH3 is 2. The Bertz CT molecular complexity index is 1170. The first-order valence-electron chi connectivity index (χ1n) is 9.73. The van der Waals surface area contributed by atoms with E-state index in [2.05, 4.69) is 41.4 Å².